The third-order valence-electron chi connectivity index (χ3n) is 7.69. The van der Waals surface area contributed by atoms with E-state index in [1.54, 1.807) is 6.92 Å². The lowest BCUT2D eigenvalue weighted by Gasteiger charge is -2.19. The SMILES string of the molecule is CCn1c(=O)n(CC2(F)CC2)c2cc(NC(=O)c3cc(F)cc(C(F)(F)F)c3)c3c(c21)C(=O)N[C@H]3c1cc(F)ccc1Cl. The number of fused-ring (bicyclic) bond motifs is 3. The van der Waals surface area contributed by atoms with Crippen LogP contribution in [0.4, 0.5) is 32.0 Å². The number of alkyl halides is 4. The topological polar surface area (TPSA) is 85.1 Å². The van der Waals surface area contributed by atoms with E-state index in [4.69, 9.17) is 11.6 Å². The van der Waals surface area contributed by atoms with Crippen LogP contribution in [0, 0.1) is 11.6 Å². The Morgan fingerprint density at radius 2 is 1.79 bits per heavy atom. The van der Waals surface area contributed by atoms with Crippen LogP contribution >= 0.6 is 11.6 Å². The van der Waals surface area contributed by atoms with Gasteiger partial charge >= 0.3 is 11.9 Å². The van der Waals surface area contributed by atoms with Crippen LogP contribution in [0.2, 0.25) is 5.02 Å². The number of benzene rings is 3. The lowest BCUT2D eigenvalue weighted by atomic mass is 9.95. The molecule has 4 aromatic rings. The largest absolute Gasteiger partial charge is 0.416 e. The second-order valence-electron chi connectivity index (χ2n) is 10.6. The third-order valence-corrected chi connectivity index (χ3v) is 8.03. The van der Waals surface area contributed by atoms with Crippen molar-refractivity contribution in [1.82, 2.24) is 14.5 Å². The number of halogens is 7. The second-order valence-corrected chi connectivity index (χ2v) is 11.0. The summed E-state index contributed by atoms with van der Waals surface area (Å²) in [6.07, 6.45) is -4.51. The van der Waals surface area contributed by atoms with Gasteiger partial charge in [-0.25, -0.2) is 18.0 Å². The summed E-state index contributed by atoms with van der Waals surface area (Å²) in [5.74, 6) is -3.88. The fourth-order valence-corrected chi connectivity index (χ4v) is 5.70. The van der Waals surface area contributed by atoms with Gasteiger partial charge in [-0.3, -0.25) is 18.7 Å². The number of nitrogens with one attached hydrogen (secondary N) is 2. The van der Waals surface area contributed by atoms with E-state index in [-0.39, 0.29) is 70.4 Å². The van der Waals surface area contributed by atoms with Gasteiger partial charge in [-0.1, -0.05) is 11.6 Å². The van der Waals surface area contributed by atoms with Crippen LogP contribution in [-0.2, 0) is 19.3 Å². The summed E-state index contributed by atoms with van der Waals surface area (Å²) in [5.41, 5.74) is -4.22. The van der Waals surface area contributed by atoms with Crippen LogP contribution in [0.3, 0.4) is 0 Å². The van der Waals surface area contributed by atoms with E-state index in [0.717, 1.165) is 16.7 Å². The molecular weight excluding hydrogens is 602 g/mol. The Hall–Kier alpha value is -4.26. The summed E-state index contributed by atoms with van der Waals surface area (Å²) in [6.45, 7) is 1.40. The zero-order valence-electron chi connectivity index (χ0n) is 22.2. The molecule has 0 saturated heterocycles. The maximum atomic E-state index is 14.9. The van der Waals surface area contributed by atoms with Crippen molar-refractivity contribution in [3.63, 3.8) is 0 Å². The number of carbonyl (C=O) groups is 2. The summed E-state index contributed by atoms with van der Waals surface area (Å²) in [5, 5.41) is 5.17. The van der Waals surface area contributed by atoms with Crippen molar-refractivity contribution in [3.8, 4) is 0 Å². The number of aryl methyl sites for hydroxylation is 1. The Balaban J connectivity index is 1.60. The van der Waals surface area contributed by atoms with E-state index in [0.29, 0.717) is 12.1 Å². The Morgan fingerprint density at radius 1 is 1.07 bits per heavy atom. The third kappa shape index (κ3) is 4.94. The molecule has 2 N–H and O–H groups in total. The van der Waals surface area contributed by atoms with Gasteiger partial charge in [0.25, 0.3) is 11.8 Å². The van der Waals surface area contributed by atoms with Crippen LogP contribution in [-0.4, -0.2) is 26.6 Å². The number of nitrogens with zero attached hydrogens (tertiary/aromatic N) is 2. The Bertz CT molecular complexity index is 1910. The van der Waals surface area contributed by atoms with Crippen LogP contribution < -0.4 is 16.3 Å². The highest BCUT2D eigenvalue weighted by Crippen LogP contribution is 2.45. The molecule has 2 aliphatic rings. The lowest BCUT2D eigenvalue weighted by molar-refractivity contribution is -0.137. The molecule has 1 saturated carbocycles. The van der Waals surface area contributed by atoms with Crippen molar-refractivity contribution >= 4 is 40.1 Å². The number of rotatable bonds is 6. The van der Waals surface area contributed by atoms with E-state index in [1.807, 2.05) is 0 Å². The van der Waals surface area contributed by atoms with Gasteiger partial charge in [0, 0.05) is 33.9 Å². The summed E-state index contributed by atoms with van der Waals surface area (Å²) in [4.78, 5) is 40.3. The smallest absolute Gasteiger partial charge is 0.341 e. The van der Waals surface area contributed by atoms with Crippen molar-refractivity contribution in [2.45, 2.75) is 50.7 Å². The Kier molecular flexibility index (Phi) is 6.64. The minimum Gasteiger partial charge on any atom is -0.341 e. The van der Waals surface area contributed by atoms with Crippen molar-refractivity contribution in [1.29, 1.82) is 0 Å². The number of anilines is 1. The highest BCUT2D eigenvalue weighted by atomic mass is 35.5. The first-order valence-corrected chi connectivity index (χ1v) is 13.5. The highest BCUT2D eigenvalue weighted by Gasteiger charge is 2.45. The molecule has 3 aromatic carbocycles. The fraction of sp³-hybridized carbons (Fsp3) is 0.276. The zero-order valence-corrected chi connectivity index (χ0v) is 23.0. The van der Waals surface area contributed by atoms with Gasteiger partial charge in [-0.2, -0.15) is 13.2 Å². The Morgan fingerprint density at radius 3 is 2.44 bits per heavy atom. The van der Waals surface area contributed by atoms with Gasteiger partial charge in [0.2, 0.25) is 0 Å². The van der Waals surface area contributed by atoms with Gasteiger partial charge in [0.1, 0.15) is 17.3 Å². The van der Waals surface area contributed by atoms with Gasteiger partial charge in [-0.05, 0) is 62.2 Å². The van der Waals surface area contributed by atoms with Crippen molar-refractivity contribution < 1.29 is 35.9 Å². The Labute approximate surface area is 244 Å². The standard InChI is InChI=1S/C29H21ClF6N4O3/c1-2-39-24-20(40(27(39)43)12-28(33)5-6-28)11-19(37-25(41)13-7-14(29(34,35)36)9-16(32)8-13)21-22(24)26(42)38-23(21)17-10-15(31)3-4-18(17)30/h3-4,7-11,23H,2,5-6,12H2,1H3,(H,37,41)(H,38,42)/t23-/m0/s1. The van der Waals surface area contributed by atoms with Crippen LogP contribution in [0.5, 0.6) is 0 Å². The molecule has 7 nitrogen and oxygen atoms in total. The van der Waals surface area contributed by atoms with Crippen molar-refractivity contribution in [3.05, 3.63) is 97.4 Å². The first-order chi connectivity index (χ1) is 20.2. The number of hydrogen-bond acceptors (Lipinski definition) is 3. The van der Waals surface area contributed by atoms with Gasteiger partial charge < -0.3 is 10.6 Å². The predicted octanol–water partition coefficient (Wildman–Crippen LogP) is 6.36. The first-order valence-electron chi connectivity index (χ1n) is 13.1. The van der Waals surface area contributed by atoms with E-state index < -0.39 is 58.2 Å². The molecule has 224 valence electrons. The molecule has 1 aliphatic carbocycles. The monoisotopic (exact) mass is 622 g/mol. The molecule has 0 bridgehead atoms. The summed E-state index contributed by atoms with van der Waals surface area (Å²) >= 11 is 6.35. The van der Waals surface area contributed by atoms with E-state index in [1.165, 1.54) is 16.7 Å². The van der Waals surface area contributed by atoms with Crippen LogP contribution in [0.1, 0.15) is 63.2 Å². The van der Waals surface area contributed by atoms with Gasteiger partial charge in [0.05, 0.1) is 34.7 Å². The molecule has 0 unspecified atom stereocenters. The van der Waals surface area contributed by atoms with E-state index >= 15 is 0 Å². The number of imidazole rings is 1. The summed E-state index contributed by atoms with van der Waals surface area (Å²) < 4.78 is 85.9. The minimum absolute atomic E-state index is 0.0477. The first kappa shape index (κ1) is 28.8. The van der Waals surface area contributed by atoms with E-state index in [9.17, 15) is 40.7 Å². The number of aromatic nitrogens is 2. The molecule has 0 radical (unpaired) electrons. The molecule has 1 aromatic heterocycles. The predicted molar refractivity (Wildman–Crippen MR) is 145 cm³/mol. The molecule has 14 heteroatoms. The molecule has 1 aliphatic heterocycles. The molecule has 6 rings (SSSR count). The molecular formula is C29H21ClF6N4O3. The van der Waals surface area contributed by atoms with Gasteiger partial charge in [0.15, 0.2) is 0 Å². The van der Waals surface area contributed by atoms with E-state index in [2.05, 4.69) is 10.6 Å². The molecule has 2 heterocycles. The maximum absolute atomic E-state index is 14.9. The number of amides is 2. The minimum atomic E-state index is -4.95. The maximum Gasteiger partial charge on any atom is 0.416 e. The van der Waals surface area contributed by atoms with Crippen molar-refractivity contribution in [2.24, 2.45) is 0 Å². The molecule has 1 atom stereocenters. The number of carbonyl (C=O) groups excluding carboxylic acids is 2. The van der Waals surface area contributed by atoms with Gasteiger partial charge in [-0.15, -0.1) is 0 Å². The van der Waals surface area contributed by atoms with Crippen LogP contribution in [0.25, 0.3) is 11.0 Å². The number of hydrogen-bond donors (Lipinski definition) is 2. The zero-order chi connectivity index (χ0) is 31.0. The highest BCUT2D eigenvalue weighted by molar-refractivity contribution is 6.31. The van der Waals surface area contributed by atoms with Crippen LogP contribution in [0.15, 0.2) is 47.3 Å². The quantitative estimate of drug-likeness (QED) is 0.246. The molecule has 0 spiro atoms. The molecule has 43 heavy (non-hydrogen) atoms. The molecule has 2 amide bonds. The fourth-order valence-electron chi connectivity index (χ4n) is 5.48. The molecule has 1 fully saturated rings. The average Bonchev–Trinajstić information content (AvgIpc) is 3.48. The normalized spacial score (nSPS) is 17.2. The second kappa shape index (κ2) is 9.90. The lowest BCUT2D eigenvalue weighted by Crippen LogP contribution is -2.27. The summed E-state index contributed by atoms with van der Waals surface area (Å²) in [7, 11) is 0. The van der Waals surface area contributed by atoms with Crippen molar-refractivity contribution in [2.75, 3.05) is 5.32 Å². The average molecular weight is 623 g/mol. The summed E-state index contributed by atoms with van der Waals surface area (Å²) in [6, 6.07) is 4.87.